The van der Waals surface area contributed by atoms with Crippen LogP contribution in [0.1, 0.15) is 10.4 Å². The van der Waals surface area contributed by atoms with Gasteiger partial charge in [0.1, 0.15) is 0 Å². The number of benzene rings is 1. The molecule has 1 N–H and O–H groups in total. The number of hydrogen-bond donors (Lipinski definition) is 1. The summed E-state index contributed by atoms with van der Waals surface area (Å²) in [6.45, 7) is 0. The van der Waals surface area contributed by atoms with E-state index in [0.29, 0.717) is 21.8 Å². The minimum Gasteiger partial charge on any atom is -0.320 e. The molecule has 0 saturated carbocycles. The van der Waals surface area contributed by atoms with E-state index in [1.807, 2.05) is 12.1 Å². The molecule has 0 atom stereocenters. The molecule has 3 rings (SSSR count). The monoisotopic (exact) mass is 317 g/mol. The second-order valence-corrected chi connectivity index (χ2v) is 5.18. The summed E-state index contributed by atoms with van der Waals surface area (Å²) in [4.78, 5) is 20.4. The van der Waals surface area contributed by atoms with Crippen LogP contribution in [-0.2, 0) is 0 Å². The van der Waals surface area contributed by atoms with Crippen LogP contribution in [0, 0.1) is 0 Å². The van der Waals surface area contributed by atoms with Gasteiger partial charge in [-0.05, 0) is 24.3 Å². The zero-order valence-corrected chi connectivity index (χ0v) is 12.2. The normalized spacial score (nSPS) is 10.6. The van der Waals surface area contributed by atoms with E-state index in [-0.39, 0.29) is 10.9 Å². The van der Waals surface area contributed by atoms with E-state index in [2.05, 4.69) is 15.3 Å². The van der Waals surface area contributed by atoms with Crippen molar-refractivity contribution in [3.05, 3.63) is 64.5 Å². The molecule has 1 amide bonds. The Kier molecular flexibility index (Phi) is 3.73. The molecular formula is C15H9Cl2N3O. The average molecular weight is 318 g/mol. The first-order chi connectivity index (χ1) is 10.1. The minimum absolute atomic E-state index is 0.286. The van der Waals surface area contributed by atoms with Crippen LogP contribution in [0.2, 0.25) is 10.0 Å². The van der Waals surface area contributed by atoms with E-state index in [1.165, 1.54) is 12.4 Å². The van der Waals surface area contributed by atoms with Gasteiger partial charge in [-0.25, -0.2) is 0 Å². The Morgan fingerprint density at radius 3 is 2.81 bits per heavy atom. The zero-order valence-electron chi connectivity index (χ0n) is 10.7. The van der Waals surface area contributed by atoms with E-state index >= 15 is 0 Å². The molecule has 1 aromatic carbocycles. The first-order valence-electron chi connectivity index (χ1n) is 6.10. The van der Waals surface area contributed by atoms with Crippen LogP contribution >= 0.6 is 23.2 Å². The standard InChI is InChI=1S/C15H9Cl2N3O/c16-10-6-9-2-1-4-19-14(9)13(7-10)20-15(21)11-3-5-18-8-12(11)17/h1-8H,(H,20,21). The van der Waals surface area contributed by atoms with Gasteiger partial charge in [-0.2, -0.15) is 0 Å². The van der Waals surface area contributed by atoms with Crippen molar-refractivity contribution in [2.75, 3.05) is 5.32 Å². The van der Waals surface area contributed by atoms with Gasteiger partial charge < -0.3 is 5.32 Å². The van der Waals surface area contributed by atoms with Crippen LogP contribution in [0.4, 0.5) is 5.69 Å². The van der Waals surface area contributed by atoms with Crippen molar-refractivity contribution in [1.29, 1.82) is 0 Å². The molecule has 0 spiro atoms. The summed E-state index contributed by atoms with van der Waals surface area (Å²) in [7, 11) is 0. The summed E-state index contributed by atoms with van der Waals surface area (Å²) in [6.07, 6.45) is 4.59. The van der Waals surface area contributed by atoms with Crippen molar-refractivity contribution < 1.29 is 4.79 Å². The average Bonchev–Trinajstić information content (AvgIpc) is 2.47. The fourth-order valence-electron chi connectivity index (χ4n) is 2.00. The molecule has 0 aliphatic carbocycles. The molecule has 0 aliphatic heterocycles. The Morgan fingerprint density at radius 2 is 2.00 bits per heavy atom. The molecule has 0 saturated heterocycles. The third-order valence-corrected chi connectivity index (χ3v) is 3.45. The van der Waals surface area contributed by atoms with Gasteiger partial charge in [-0.15, -0.1) is 0 Å². The molecule has 21 heavy (non-hydrogen) atoms. The number of rotatable bonds is 2. The SMILES string of the molecule is O=C(Nc1cc(Cl)cc2cccnc12)c1ccncc1Cl. The lowest BCUT2D eigenvalue weighted by Gasteiger charge is -2.09. The van der Waals surface area contributed by atoms with Gasteiger partial charge in [0.2, 0.25) is 0 Å². The summed E-state index contributed by atoms with van der Waals surface area (Å²) in [6, 6.07) is 8.69. The number of fused-ring (bicyclic) bond motifs is 1. The van der Waals surface area contributed by atoms with E-state index in [4.69, 9.17) is 23.2 Å². The number of pyridine rings is 2. The second kappa shape index (κ2) is 5.68. The number of halogens is 2. The van der Waals surface area contributed by atoms with E-state index in [9.17, 15) is 4.79 Å². The van der Waals surface area contributed by atoms with E-state index < -0.39 is 0 Å². The number of nitrogens with zero attached hydrogens (tertiary/aromatic N) is 2. The summed E-state index contributed by atoms with van der Waals surface area (Å²) in [5.41, 5.74) is 1.55. The quantitative estimate of drug-likeness (QED) is 0.771. The molecule has 0 radical (unpaired) electrons. The summed E-state index contributed by atoms with van der Waals surface area (Å²) in [5, 5.41) is 4.44. The molecule has 0 fully saturated rings. The number of aromatic nitrogens is 2. The molecule has 2 heterocycles. The highest BCUT2D eigenvalue weighted by Crippen LogP contribution is 2.27. The molecule has 104 valence electrons. The van der Waals surface area contributed by atoms with Crippen LogP contribution in [0.15, 0.2) is 48.9 Å². The van der Waals surface area contributed by atoms with Crippen molar-refractivity contribution in [1.82, 2.24) is 9.97 Å². The Hall–Kier alpha value is -2.17. The van der Waals surface area contributed by atoms with Crippen molar-refractivity contribution in [3.63, 3.8) is 0 Å². The molecule has 0 aliphatic rings. The van der Waals surface area contributed by atoms with Gasteiger partial charge in [-0.3, -0.25) is 14.8 Å². The van der Waals surface area contributed by atoms with Crippen LogP contribution < -0.4 is 5.32 Å². The highest BCUT2D eigenvalue weighted by Gasteiger charge is 2.13. The highest BCUT2D eigenvalue weighted by molar-refractivity contribution is 6.34. The number of hydrogen-bond acceptors (Lipinski definition) is 3. The molecular weight excluding hydrogens is 309 g/mol. The number of nitrogens with one attached hydrogen (secondary N) is 1. The van der Waals surface area contributed by atoms with Crippen molar-refractivity contribution in [2.24, 2.45) is 0 Å². The third-order valence-electron chi connectivity index (χ3n) is 2.93. The number of anilines is 1. The van der Waals surface area contributed by atoms with Gasteiger partial charge in [0.15, 0.2) is 0 Å². The topological polar surface area (TPSA) is 54.9 Å². The van der Waals surface area contributed by atoms with Crippen molar-refractivity contribution in [3.8, 4) is 0 Å². The number of carbonyl (C=O) groups excluding carboxylic acids is 1. The third kappa shape index (κ3) is 2.82. The Balaban J connectivity index is 2.02. The van der Waals surface area contributed by atoms with Gasteiger partial charge in [0.25, 0.3) is 5.91 Å². The highest BCUT2D eigenvalue weighted by atomic mass is 35.5. The van der Waals surface area contributed by atoms with E-state index in [0.717, 1.165) is 5.39 Å². The maximum absolute atomic E-state index is 12.3. The molecule has 4 nitrogen and oxygen atoms in total. The lowest BCUT2D eigenvalue weighted by molar-refractivity contribution is 0.102. The van der Waals surface area contributed by atoms with Crippen molar-refractivity contribution in [2.45, 2.75) is 0 Å². The molecule has 0 unspecified atom stereocenters. The summed E-state index contributed by atoms with van der Waals surface area (Å²) in [5.74, 6) is -0.336. The Bertz CT molecular complexity index is 836. The van der Waals surface area contributed by atoms with Crippen LogP contribution in [-0.4, -0.2) is 15.9 Å². The zero-order chi connectivity index (χ0) is 14.8. The number of carbonyl (C=O) groups is 1. The maximum Gasteiger partial charge on any atom is 0.257 e. The predicted molar refractivity (Wildman–Crippen MR) is 84.0 cm³/mol. The summed E-state index contributed by atoms with van der Waals surface area (Å²) < 4.78 is 0. The van der Waals surface area contributed by atoms with Gasteiger partial charge in [0, 0.05) is 29.0 Å². The molecule has 0 bridgehead atoms. The van der Waals surface area contributed by atoms with Crippen LogP contribution in [0.3, 0.4) is 0 Å². The van der Waals surface area contributed by atoms with E-state index in [1.54, 1.807) is 24.4 Å². The second-order valence-electron chi connectivity index (χ2n) is 4.34. The smallest absolute Gasteiger partial charge is 0.257 e. The maximum atomic E-state index is 12.3. The van der Waals surface area contributed by atoms with Gasteiger partial charge >= 0.3 is 0 Å². The first kappa shape index (κ1) is 13.8. The molecule has 2 aromatic heterocycles. The lowest BCUT2D eigenvalue weighted by Crippen LogP contribution is -2.13. The Labute approximate surface area is 130 Å². The van der Waals surface area contributed by atoms with Crippen LogP contribution in [0.25, 0.3) is 10.9 Å². The Morgan fingerprint density at radius 1 is 1.14 bits per heavy atom. The lowest BCUT2D eigenvalue weighted by atomic mass is 10.1. The molecule has 6 heteroatoms. The minimum atomic E-state index is -0.336. The number of amides is 1. The largest absolute Gasteiger partial charge is 0.320 e. The van der Waals surface area contributed by atoms with Crippen molar-refractivity contribution >= 4 is 45.7 Å². The van der Waals surface area contributed by atoms with Crippen LogP contribution in [0.5, 0.6) is 0 Å². The fourth-order valence-corrected chi connectivity index (χ4v) is 2.43. The summed E-state index contributed by atoms with van der Waals surface area (Å²) >= 11 is 12.0. The van der Waals surface area contributed by atoms with Gasteiger partial charge in [0.05, 0.1) is 21.8 Å². The van der Waals surface area contributed by atoms with Gasteiger partial charge in [-0.1, -0.05) is 29.3 Å². The fraction of sp³-hybridized carbons (Fsp3) is 0. The first-order valence-corrected chi connectivity index (χ1v) is 6.86. The molecule has 3 aromatic rings. The predicted octanol–water partition coefficient (Wildman–Crippen LogP) is 4.19.